The van der Waals surface area contributed by atoms with Crippen molar-refractivity contribution in [1.29, 1.82) is 0 Å². The molecule has 0 bridgehead atoms. The number of fused-ring (bicyclic) bond motifs is 2. The number of hydrogen-bond acceptors (Lipinski definition) is 5. The van der Waals surface area contributed by atoms with Crippen molar-refractivity contribution < 1.29 is 23.2 Å². The summed E-state index contributed by atoms with van der Waals surface area (Å²) in [5.41, 5.74) is -0.787. The number of hydrogen-bond donors (Lipinski definition) is 1. The first-order valence-electron chi connectivity index (χ1n) is 9.82. The van der Waals surface area contributed by atoms with Crippen LogP contribution in [0, 0.1) is 23.6 Å². The Morgan fingerprint density at radius 2 is 1.86 bits per heavy atom. The predicted octanol–water partition coefficient (Wildman–Crippen LogP) is 3.43. The highest BCUT2D eigenvalue weighted by Gasteiger charge is 2.61. The fourth-order valence-electron chi connectivity index (χ4n) is 4.22. The SMILES string of the molecule is CC(C)(C)OC(=O)N1CC2C(C1)C2C(=O)NC(C)(C)c1noc2c(F)cccc12. The number of nitrogens with zero attached hydrogens (tertiary/aromatic N) is 2. The van der Waals surface area contributed by atoms with Crippen LogP contribution in [0.3, 0.4) is 0 Å². The summed E-state index contributed by atoms with van der Waals surface area (Å²) in [6.45, 7) is 10.2. The van der Waals surface area contributed by atoms with Crippen LogP contribution in [-0.4, -0.2) is 40.7 Å². The van der Waals surface area contributed by atoms with Gasteiger partial charge in [0.05, 0.1) is 10.9 Å². The molecule has 2 aliphatic rings. The summed E-state index contributed by atoms with van der Waals surface area (Å²) in [6, 6.07) is 4.63. The molecule has 1 aliphatic heterocycles. The van der Waals surface area contributed by atoms with Crippen LogP contribution in [0.4, 0.5) is 9.18 Å². The van der Waals surface area contributed by atoms with Crippen molar-refractivity contribution in [3.8, 4) is 0 Å². The summed E-state index contributed by atoms with van der Waals surface area (Å²) in [7, 11) is 0. The fraction of sp³-hybridized carbons (Fsp3) is 0.571. The highest BCUT2D eigenvalue weighted by atomic mass is 19.1. The van der Waals surface area contributed by atoms with Crippen molar-refractivity contribution in [3.63, 3.8) is 0 Å². The number of likely N-dealkylation sites (tertiary alicyclic amines) is 1. The number of ether oxygens (including phenoxy) is 1. The lowest BCUT2D eigenvalue weighted by Crippen LogP contribution is -2.44. The van der Waals surface area contributed by atoms with Gasteiger partial charge in [0, 0.05) is 19.0 Å². The molecule has 8 heteroatoms. The van der Waals surface area contributed by atoms with Gasteiger partial charge in [0.15, 0.2) is 5.82 Å². The van der Waals surface area contributed by atoms with E-state index in [0.29, 0.717) is 24.2 Å². The zero-order valence-corrected chi connectivity index (χ0v) is 17.3. The average Bonchev–Trinajstić information content (AvgIpc) is 2.96. The van der Waals surface area contributed by atoms with Gasteiger partial charge in [-0.2, -0.15) is 0 Å². The molecule has 156 valence electrons. The Kier molecular flexibility index (Phi) is 4.36. The van der Waals surface area contributed by atoms with E-state index in [9.17, 15) is 14.0 Å². The lowest BCUT2D eigenvalue weighted by molar-refractivity contribution is -0.125. The minimum absolute atomic E-state index is 0.0820. The minimum atomic E-state index is -0.822. The Balaban J connectivity index is 1.40. The van der Waals surface area contributed by atoms with Gasteiger partial charge < -0.3 is 19.5 Å². The van der Waals surface area contributed by atoms with Crippen LogP contribution in [0.25, 0.3) is 11.0 Å². The number of nitrogens with one attached hydrogen (secondary N) is 1. The number of rotatable bonds is 3. The van der Waals surface area contributed by atoms with Crippen molar-refractivity contribution in [3.05, 3.63) is 29.7 Å². The van der Waals surface area contributed by atoms with E-state index in [2.05, 4.69) is 10.5 Å². The first-order chi connectivity index (χ1) is 13.5. The zero-order valence-electron chi connectivity index (χ0n) is 17.3. The van der Waals surface area contributed by atoms with E-state index in [1.807, 2.05) is 34.6 Å². The van der Waals surface area contributed by atoms with E-state index in [0.717, 1.165) is 0 Å². The molecule has 1 aromatic carbocycles. The van der Waals surface area contributed by atoms with Gasteiger partial charge >= 0.3 is 6.09 Å². The number of carbonyl (C=O) groups is 2. The lowest BCUT2D eigenvalue weighted by atomic mass is 9.96. The quantitative estimate of drug-likeness (QED) is 0.849. The number of para-hydroxylation sites is 1. The first-order valence-corrected chi connectivity index (χ1v) is 9.82. The first kappa shape index (κ1) is 19.7. The Morgan fingerprint density at radius 1 is 1.21 bits per heavy atom. The van der Waals surface area contributed by atoms with Crippen molar-refractivity contribution in [2.45, 2.75) is 45.8 Å². The van der Waals surface area contributed by atoms with Crippen LogP contribution in [0.1, 0.15) is 40.3 Å². The molecule has 0 spiro atoms. The molecule has 1 aromatic heterocycles. The average molecular weight is 403 g/mol. The van der Waals surface area contributed by atoms with E-state index in [-0.39, 0.29) is 35.3 Å². The van der Waals surface area contributed by atoms with Crippen molar-refractivity contribution in [2.75, 3.05) is 13.1 Å². The minimum Gasteiger partial charge on any atom is -0.444 e. The fourth-order valence-corrected chi connectivity index (χ4v) is 4.22. The van der Waals surface area contributed by atoms with Crippen LogP contribution in [0.15, 0.2) is 22.7 Å². The molecular formula is C21H26FN3O4. The van der Waals surface area contributed by atoms with Gasteiger partial charge in [-0.1, -0.05) is 11.2 Å². The zero-order chi connectivity index (χ0) is 21.1. The number of aromatic nitrogens is 1. The second-order valence-corrected chi connectivity index (χ2v) is 9.50. The second-order valence-electron chi connectivity index (χ2n) is 9.50. The van der Waals surface area contributed by atoms with Crippen LogP contribution in [0.2, 0.25) is 0 Å². The maximum Gasteiger partial charge on any atom is 0.410 e. The van der Waals surface area contributed by atoms with E-state index in [1.165, 1.54) is 6.07 Å². The summed E-state index contributed by atoms with van der Waals surface area (Å²) in [6.07, 6.45) is -0.333. The molecule has 2 atom stereocenters. The molecule has 2 unspecified atom stereocenters. The van der Waals surface area contributed by atoms with Gasteiger partial charge in [-0.15, -0.1) is 0 Å². The third kappa shape index (κ3) is 3.56. The monoisotopic (exact) mass is 403 g/mol. The molecule has 1 saturated heterocycles. The standard InChI is InChI=1S/C21H26FN3O4/c1-20(2,3)28-19(27)25-9-12-13(10-25)15(12)18(26)23-21(4,5)17-11-7-6-8-14(22)16(11)29-24-17/h6-8,12-13,15H,9-10H2,1-5H3,(H,23,26). The van der Waals surface area contributed by atoms with Gasteiger partial charge in [-0.3, -0.25) is 4.79 Å². The van der Waals surface area contributed by atoms with Gasteiger partial charge in [0.1, 0.15) is 11.3 Å². The number of amides is 2. The molecule has 2 heterocycles. The third-order valence-corrected chi connectivity index (χ3v) is 5.63. The van der Waals surface area contributed by atoms with Gasteiger partial charge in [0.25, 0.3) is 0 Å². The van der Waals surface area contributed by atoms with Crippen LogP contribution < -0.4 is 5.32 Å². The van der Waals surface area contributed by atoms with Gasteiger partial charge in [-0.05, 0) is 58.6 Å². The van der Waals surface area contributed by atoms with Crippen LogP contribution in [-0.2, 0) is 15.1 Å². The summed E-state index contributed by atoms with van der Waals surface area (Å²) in [5.74, 6) is -0.416. The molecule has 4 rings (SSSR count). The number of carbonyl (C=O) groups excluding carboxylic acids is 2. The molecule has 1 aliphatic carbocycles. The molecule has 2 aromatic rings. The van der Waals surface area contributed by atoms with Gasteiger partial charge in [-0.25, -0.2) is 9.18 Å². The third-order valence-electron chi connectivity index (χ3n) is 5.63. The lowest BCUT2D eigenvalue weighted by Gasteiger charge is -2.27. The normalized spacial score (nSPS) is 23.8. The number of benzene rings is 1. The van der Waals surface area contributed by atoms with E-state index in [1.54, 1.807) is 17.0 Å². The van der Waals surface area contributed by atoms with E-state index in [4.69, 9.17) is 9.26 Å². The van der Waals surface area contributed by atoms with Gasteiger partial charge in [0.2, 0.25) is 11.5 Å². The van der Waals surface area contributed by atoms with Crippen molar-refractivity contribution >= 4 is 23.0 Å². The van der Waals surface area contributed by atoms with Crippen molar-refractivity contribution in [1.82, 2.24) is 15.4 Å². The second kappa shape index (κ2) is 6.43. The molecule has 2 fully saturated rings. The molecular weight excluding hydrogens is 377 g/mol. The Bertz CT molecular complexity index is 966. The Hall–Kier alpha value is -2.64. The maximum absolute atomic E-state index is 13.9. The molecule has 29 heavy (non-hydrogen) atoms. The molecule has 0 radical (unpaired) electrons. The van der Waals surface area contributed by atoms with E-state index >= 15 is 0 Å². The summed E-state index contributed by atoms with van der Waals surface area (Å²) < 4.78 is 24.4. The van der Waals surface area contributed by atoms with Crippen LogP contribution >= 0.6 is 0 Å². The Morgan fingerprint density at radius 3 is 2.48 bits per heavy atom. The summed E-state index contributed by atoms with van der Waals surface area (Å²) in [4.78, 5) is 26.7. The maximum atomic E-state index is 13.9. The smallest absolute Gasteiger partial charge is 0.410 e. The number of piperidine rings is 1. The predicted molar refractivity (Wildman–Crippen MR) is 103 cm³/mol. The highest BCUT2D eigenvalue weighted by Crippen LogP contribution is 2.52. The Labute approximate surface area is 168 Å². The topological polar surface area (TPSA) is 84.7 Å². The van der Waals surface area contributed by atoms with E-state index < -0.39 is 17.0 Å². The molecule has 1 saturated carbocycles. The molecule has 2 amide bonds. The summed E-state index contributed by atoms with van der Waals surface area (Å²) >= 11 is 0. The highest BCUT2D eigenvalue weighted by molar-refractivity contribution is 5.86. The molecule has 1 N–H and O–H groups in total. The molecule has 7 nitrogen and oxygen atoms in total. The largest absolute Gasteiger partial charge is 0.444 e. The summed E-state index contributed by atoms with van der Waals surface area (Å²) in [5, 5.41) is 7.57. The number of halogens is 1. The van der Waals surface area contributed by atoms with Crippen LogP contribution in [0.5, 0.6) is 0 Å². The van der Waals surface area contributed by atoms with Crippen molar-refractivity contribution in [2.24, 2.45) is 17.8 Å².